The predicted molar refractivity (Wildman–Crippen MR) is 116 cm³/mol. The summed E-state index contributed by atoms with van der Waals surface area (Å²) in [6, 6.07) is 11.5. The summed E-state index contributed by atoms with van der Waals surface area (Å²) in [4.78, 5) is 21.7. The molecule has 0 atom stereocenters. The standard InChI is InChI=1S/C19H21BrN6OS/c1-3-18(27)21-13-4-6-15(7-5-13)28-19-22-14(8-9-20)11-16(24-19)23-17-10-12(2)25-26-17/h4-7,10-11H,3,8-9H2,1-2H3,(H,21,27)(H2,22,23,24,25,26). The lowest BCUT2D eigenvalue weighted by molar-refractivity contribution is -0.115. The number of aromatic nitrogens is 4. The van der Waals surface area contributed by atoms with Crippen LogP contribution in [-0.2, 0) is 11.2 Å². The summed E-state index contributed by atoms with van der Waals surface area (Å²) in [5.41, 5.74) is 2.69. The molecule has 0 saturated carbocycles. The Morgan fingerprint density at radius 1 is 1.18 bits per heavy atom. The molecule has 2 aromatic heterocycles. The summed E-state index contributed by atoms with van der Waals surface area (Å²) in [7, 11) is 0. The van der Waals surface area contributed by atoms with E-state index in [1.54, 1.807) is 0 Å². The fourth-order valence-corrected chi connectivity index (χ4v) is 3.58. The van der Waals surface area contributed by atoms with Gasteiger partial charge in [-0.1, -0.05) is 22.9 Å². The van der Waals surface area contributed by atoms with E-state index in [2.05, 4.69) is 46.7 Å². The number of benzene rings is 1. The number of nitrogens with zero attached hydrogens (tertiary/aromatic N) is 3. The van der Waals surface area contributed by atoms with Gasteiger partial charge >= 0.3 is 0 Å². The average Bonchev–Trinajstić information content (AvgIpc) is 3.08. The third-order valence-electron chi connectivity index (χ3n) is 3.74. The minimum atomic E-state index is -0.00414. The molecule has 0 aliphatic heterocycles. The van der Waals surface area contributed by atoms with Gasteiger partial charge in [-0.2, -0.15) is 5.10 Å². The molecule has 0 aliphatic carbocycles. The van der Waals surface area contributed by atoms with Gasteiger partial charge in [-0.3, -0.25) is 9.89 Å². The molecular formula is C19H21BrN6OS. The van der Waals surface area contributed by atoms with E-state index in [1.165, 1.54) is 11.8 Å². The largest absolute Gasteiger partial charge is 0.326 e. The van der Waals surface area contributed by atoms with Gasteiger partial charge in [-0.25, -0.2) is 9.97 Å². The van der Waals surface area contributed by atoms with Gasteiger partial charge < -0.3 is 10.6 Å². The molecule has 7 nitrogen and oxygen atoms in total. The SMILES string of the molecule is CCC(=O)Nc1ccc(Sc2nc(CCBr)cc(Nc3cc(C)[nH]n3)n2)cc1. The number of hydrogen-bond acceptors (Lipinski definition) is 6. The molecule has 3 rings (SSSR count). The quantitative estimate of drug-likeness (QED) is 0.333. The van der Waals surface area contributed by atoms with E-state index < -0.39 is 0 Å². The van der Waals surface area contributed by atoms with Crippen molar-refractivity contribution in [3.63, 3.8) is 0 Å². The summed E-state index contributed by atoms with van der Waals surface area (Å²) >= 11 is 4.94. The van der Waals surface area contributed by atoms with E-state index in [4.69, 9.17) is 0 Å². The van der Waals surface area contributed by atoms with Crippen molar-refractivity contribution < 1.29 is 4.79 Å². The van der Waals surface area contributed by atoms with Crippen LogP contribution in [0.5, 0.6) is 0 Å². The van der Waals surface area contributed by atoms with Gasteiger partial charge in [0, 0.05) is 45.9 Å². The first kappa shape index (κ1) is 20.3. The number of alkyl halides is 1. The maximum absolute atomic E-state index is 11.5. The van der Waals surface area contributed by atoms with Gasteiger partial charge in [0.05, 0.1) is 0 Å². The second kappa shape index (κ2) is 9.70. The highest BCUT2D eigenvalue weighted by Gasteiger charge is 2.09. The number of amides is 1. The Balaban J connectivity index is 1.77. The fourth-order valence-electron chi connectivity index (χ4n) is 2.38. The topological polar surface area (TPSA) is 95.6 Å². The minimum Gasteiger partial charge on any atom is -0.326 e. The maximum Gasteiger partial charge on any atom is 0.224 e. The molecule has 0 bridgehead atoms. The van der Waals surface area contributed by atoms with Crippen molar-refractivity contribution in [1.82, 2.24) is 20.2 Å². The number of H-pyrrole nitrogens is 1. The first-order chi connectivity index (χ1) is 13.6. The molecule has 1 aromatic carbocycles. The molecule has 3 N–H and O–H groups in total. The van der Waals surface area contributed by atoms with E-state index in [9.17, 15) is 4.79 Å². The van der Waals surface area contributed by atoms with E-state index in [-0.39, 0.29) is 5.91 Å². The first-order valence-corrected chi connectivity index (χ1v) is 10.8. The molecule has 2 heterocycles. The molecule has 3 aromatic rings. The highest BCUT2D eigenvalue weighted by Crippen LogP contribution is 2.28. The Hall–Kier alpha value is -2.39. The van der Waals surface area contributed by atoms with E-state index in [0.717, 1.165) is 33.7 Å². The summed E-state index contributed by atoms with van der Waals surface area (Å²) < 4.78 is 0. The van der Waals surface area contributed by atoms with Crippen LogP contribution in [0.2, 0.25) is 0 Å². The number of aromatic amines is 1. The second-order valence-corrected chi connectivity index (χ2v) is 7.89. The van der Waals surface area contributed by atoms with Crippen LogP contribution in [0.25, 0.3) is 0 Å². The summed E-state index contributed by atoms with van der Waals surface area (Å²) in [6.45, 7) is 3.77. The summed E-state index contributed by atoms with van der Waals surface area (Å²) in [6.07, 6.45) is 1.25. The number of carbonyl (C=O) groups excluding carboxylic acids is 1. The highest BCUT2D eigenvalue weighted by molar-refractivity contribution is 9.09. The zero-order valence-electron chi connectivity index (χ0n) is 15.6. The molecule has 146 valence electrons. The number of carbonyl (C=O) groups is 1. The van der Waals surface area contributed by atoms with Crippen molar-refractivity contribution in [2.75, 3.05) is 16.0 Å². The van der Waals surface area contributed by atoms with Crippen LogP contribution in [-0.4, -0.2) is 31.4 Å². The lowest BCUT2D eigenvalue weighted by atomic mass is 10.3. The smallest absolute Gasteiger partial charge is 0.224 e. The zero-order chi connectivity index (χ0) is 19.9. The number of anilines is 3. The zero-order valence-corrected chi connectivity index (χ0v) is 18.0. The Labute approximate surface area is 176 Å². The average molecular weight is 461 g/mol. The third kappa shape index (κ3) is 5.80. The maximum atomic E-state index is 11.5. The number of halogens is 1. The molecule has 1 amide bonds. The van der Waals surface area contributed by atoms with Crippen LogP contribution < -0.4 is 10.6 Å². The van der Waals surface area contributed by atoms with Crippen molar-refractivity contribution in [2.45, 2.75) is 36.7 Å². The Morgan fingerprint density at radius 2 is 1.96 bits per heavy atom. The van der Waals surface area contributed by atoms with Crippen LogP contribution in [0, 0.1) is 6.92 Å². The van der Waals surface area contributed by atoms with Gasteiger partial charge in [-0.15, -0.1) is 0 Å². The summed E-state index contributed by atoms with van der Waals surface area (Å²) in [5, 5.41) is 14.6. The highest BCUT2D eigenvalue weighted by atomic mass is 79.9. The molecule has 0 saturated heterocycles. The molecule has 0 fully saturated rings. The number of hydrogen-bond donors (Lipinski definition) is 3. The van der Waals surface area contributed by atoms with Crippen molar-refractivity contribution in [1.29, 1.82) is 0 Å². The lowest BCUT2D eigenvalue weighted by Crippen LogP contribution is -2.08. The second-order valence-electron chi connectivity index (χ2n) is 6.06. The molecular weight excluding hydrogens is 440 g/mol. The molecule has 28 heavy (non-hydrogen) atoms. The monoisotopic (exact) mass is 460 g/mol. The fraction of sp³-hybridized carbons (Fsp3) is 0.263. The van der Waals surface area contributed by atoms with Crippen molar-refractivity contribution >= 4 is 50.9 Å². The predicted octanol–water partition coefficient (Wildman–Crippen LogP) is 4.69. The van der Waals surface area contributed by atoms with E-state index in [0.29, 0.717) is 23.2 Å². The number of rotatable bonds is 8. The van der Waals surface area contributed by atoms with Crippen LogP contribution in [0.1, 0.15) is 24.7 Å². The van der Waals surface area contributed by atoms with Crippen molar-refractivity contribution in [2.24, 2.45) is 0 Å². The minimum absolute atomic E-state index is 0.00414. The van der Waals surface area contributed by atoms with Crippen LogP contribution in [0.15, 0.2) is 46.5 Å². The Kier molecular flexibility index (Phi) is 7.05. The molecule has 9 heteroatoms. The molecule has 0 radical (unpaired) electrons. The Morgan fingerprint density at radius 3 is 2.61 bits per heavy atom. The molecule has 0 unspecified atom stereocenters. The third-order valence-corrected chi connectivity index (χ3v) is 5.01. The van der Waals surface area contributed by atoms with Crippen LogP contribution in [0.4, 0.5) is 17.3 Å². The van der Waals surface area contributed by atoms with Crippen molar-refractivity contribution in [3.05, 3.63) is 47.8 Å². The van der Waals surface area contributed by atoms with Crippen molar-refractivity contribution in [3.8, 4) is 0 Å². The van der Waals surface area contributed by atoms with Crippen LogP contribution in [0.3, 0.4) is 0 Å². The van der Waals surface area contributed by atoms with Crippen LogP contribution >= 0.6 is 27.7 Å². The Bertz CT molecular complexity index is 944. The first-order valence-electron chi connectivity index (χ1n) is 8.86. The normalized spacial score (nSPS) is 10.7. The molecule has 0 aliphatic rings. The van der Waals surface area contributed by atoms with Gasteiger partial charge in [-0.05, 0) is 49.4 Å². The van der Waals surface area contributed by atoms with Gasteiger partial charge in [0.2, 0.25) is 5.91 Å². The van der Waals surface area contributed by atoms with Gasteiger partial charge in [0.25, 0.3) is 0 Å². The van der Waals surface area contributed by atoms with Gasteiger partial charge in [0.15, 0.2) is 11.0 Å². The number of aryl methyl sites for hydroxylation is 2. The summed E-state index contributed by atoms with van der Waals surface area (Å²) in [5.74, 6) is 1.41. The van der Waals surface area contributed by atoms with E-state index >= 15 is 0 Å². The lowest BCUT2D eigenvalue weighted by Gasteiger charge is -2.09. The van der Waals surface area contributed by atoms with E-state index in [1.807, 2.05) is 50.2 Å². The number of nitrogens with one attached hydrogen (secondary N) is 3. The molecule has 0 spiro atoms. The van der Waals surface area contributed by atoms with Gasteiger partial charge in [0.1, 0.15) is 5.82 Å².